The summed E-state index contributed by atoms with van der Waals surface area (Å²) < 4.78 is 50.7. The number of thiophene rings is 1. The Balaban J connectivity index is 1.70. The Morgan fingerprint density at radius 3 is 2.70 bits per heavy atom. The first kappa shape index (κ1) is 22.2. The number of nitriles is 1. The van der Waals surface area contributed by atoms with Crippen molar-refractivity contribution in [2.45, 2.75) is 17.6 Å². The lowest BCUT2D eigenvalue weighted by atomic mass is 10.2. The summed E-state index contributed by atoms with van der Waals surface area (Å²) in [6, 6.07) is 11.2. The first-order chi connectivity index (χ1) is 14.2. The van der Waals surface area contributed by atoms with E-state index < -0.39 is 23.9 Å². The van der Waals surface area contributed by atoms with Crippen LogP contribution in [0.1, 0.15) is 19.0 Å². The third-order valence-electron chi connectivity index (χ3n) is 3.76. The Morgan fingerprint density at radius 2 is 2.03 bits per heavy atom. The predicted octanol–water partition coefficient (Wildman–Crippen LogP) is 3.46. The van der Waals surface area contributed by atoms with E-state index in [1.807, 2.05) is 13.0 Å². The van der Waals surface area contributed by atoms with E-state index in [-0.39, 0.29) is 15.7 Å². The smallest absolute Gasteiger partial charge is 0.391 e. The van der Waals surface area contributed by atoms with Crippen LogP contribution in [0.4, 0.5) is 0 Å². The Morgan fingerprint density at radius 1 is 1.27 bits per heavy atom. The molecule has 0 spiro atoms. The molecule has 0 radical (unpaired) electrons. The molecule has 12 heteroatoms. The van der Waals surface area contributed by atoms with Crippen LogP contribution in [0.15, 0.2) is 46.8 Å². The molecular formula is C18H18N3O6PS2. The highest BCUT2D eigenvalue weighted by Crippen LogP contribution is 2.41. The minimum Gasteiger partial charge on any atom is -0.494 e. The lowest BCUT2D eigenvalue weighted by Crippen LogP contribution is -2.25. The van der Waals surface area contributed by atoms with E-state index in [0.29, 0.717) is 17.7 Å². The number of benzene rings is 1. The Kier molecular flexibility index (Phi) is 6.75. The highest BCUT2D eigenvalue weighted by Gasteiger charge is 2.26. The van der Waals surface area contributed by atoms with Crippen LogP contribution in [0.25, 0.3) is 10.1 Å². The Hall–Kier alpha value is -2.48. The van der Waals surface area contributed by atoms with Crippen molar-refractivity contribution < 1.29 is 27.1 Å². The first-order valence-electron chi connectivity index (χ1n) is 8.76. The average Bonchev–Trinajstić information content (AvgIpc) is 3.16. The summed E-state index contributed by atoms with van der Waals surface area (Å²) in [5.41, 5.74) is 0.115. The topological polar surface area (TPSA) is 139 Å². The van der Waals surface area contributed by atoms with Crippen LogP contribution >= 0.6 is 18.9 Å². The Labute approximate surface area is 177 Å². The van der Waals surface area contributed by atoms with E-state index in [2.05, 4.69) is 9.71 Å². The van der Waals surface area contributed by atoms with E-state index in [9.17, 15) is 17.9 Å². The van der Waals surface area contributed by atoms with Crippen LogP contribution in [0.3, 0.4) is 0 Å². The highest BCUT2D eigenvalue weighted by molar-refractivity contribution is 7.92. The van der Waals surface area contributed by atoms with Gasteiger partial charge in [0.25, 0.3) is 10.0 Å². The molecule has 1 atom stereocenters. The molecule has 2 N–H and O–H groups in total. The molecule has 30 heavy (non-hydrogen) atoms. The van der Waals surface area contributed by atoms with Gasteiger partial charge in [-0.25, -0.2) is 18.0 Å². The fourth-order valence-corrected chi connectivity index (χ4v) is 6.29. The van der Waals surface area contributed by atoms with Gasteiger partial charge >= 0.3 is 7.60 Å². The Bertz CT molecular complexity index is 1240. The van der Waals surface area contributed by atoms with E-state index in [0.717, 1.165) is 28.7 Å². The minimum atomic E-state index is -4.34. The maximum Gasteiger partial charge on any atom is 0.391 e. The van der Waals surface area contributed by atoms with Gasteiger partial charge in [-0.3, -0.25) is 0 Å². The number of pyridine rings is 1. The third kappa shape index (κ3) is 5.56. The summed E-state index contributed by atoms with van der Waals surface area (Å²) >= 11 is 1.04. The molecule has 0 aliphatic heterocycles. The zero-order valence-corrected chi connectivity index (χ0v) is 18.3. The van der Waals surface area contributed by atoms with E-state index in [4.69, 9.17) is 14.5 Å². The largest absolute Gasteiger partial charge is 0.494 e. The summed E-state index contributed by atoms with van der Waals surface area (Å²) in [5.74, 6) is 0.587. The van der Waals surface area contributed by atoms with Crippen LogP contribution in [-0.4, -0.2) is 31.2 Å². The van der Waals surface area contributed by atoms with E-state index in [1.54, 1.807) is 18.2 Å². The van der Waals surface area contributed by atoms with Crippen molar-refractivity contribution in [3.63, 3.8) is 0 Å². The van der Waals surface area contributed by atoms with Crippen LogP contribution < -0.4 is 14.0 Å². The summed E-state index contributed by atoms with van der Waals surface area (Å²) in [4.78, 5) is 13.7. The predicted molar refractivity (Wildman–Crippen MR) is 112 cm³/mol. The van der Waals surface area contributed by atoms with Crippen LogP contribution in [0, 0.1) is 11.3 Å². The summed E-state index contributed by atoms with van der Waals surface area (Å²) in [5, 5.41) is 9.40. The fourth-order valence-electron chi connectivity index (χ4n) is 2.37. The molecule has 158 valence electrons. The van der Waals surface area contributed by atoms with Crippen molar-refractivity contribution in [2.24, 2.45) is 0 Å². The van der Waals surface area contributed by atoms with Crippen LogP contribution in [0.2, 0.25) is 0 Å². The van der Waals surface area contributed by atoms with Crippen molar-refractivity contribution in [2.75, 3.05) is 12.9 Å². The van der Waals surface area contributed by atoms with Crippen LogP contribution in [-0.2, 0) is 14.6 Å². The van der Waals surface area contributed by atoms with Gasteiger partial charge < -0.3 is 14.2 Å². The number of sulfonamides is 1. The zero-order valence-electron chi connectivity index (χ0n) is 15.8. The monoisotopic (exact) mass is 467 g/mol. The molecule has 0 saturated heterocycles. The van der Waals surface area contributed by atoms with Gasteiger partial charge in [0.2, 0.25) is 0 Å². The number of nitrogens with one attached hydrogen (secondary N) is 1. The SMILES string of the molecule is CCCOc1ccc2sc(S(=O)(=O)NCP(=O)(O)Oc3ccc(C#N)nc3)cc2c1. The van der Waals surface area contributed by atoms with Gasteiger partial charge in [0, 0.05) is 4.70 Å². The van der Waals surface area contributed by atoms with Gasteiger partial charge in [-0.1, -0.05) is 6.92 Å². The molecule has 9 nitrogen and oxygen atoms in total. The zero-order chi connectivity index (χ0) is 21.8. The lowest BCUT2D eigenvalue weighted by molar-refractivity contribution is 0.318. The average molecular weight is 467 g/mol. The number of fused-ring (bicyclic) bond motifs is 1. The van der Waals surface area contributed by atoms with E-state index in [1.165, 1.54) is 18.2 Å². The number of aromatic nitrogens is 1. The second-order valence-electron chi connectivity index (χ2n) is 6.14. The maximum absolute atomic E-state index is 12.6. The summed E-state index contributed by atoms with van der Waals surface area (Å²) in [6.07, 6.45) is 1.14. The molecule has 0 amide bonds. The number of hydrogen-bond donors (Lipinski definition) is 2. The molecule has 2 aromatic heterocycles. The molecule has 1 aromatic carbocycles. The molecule has 1 unspecified atom stereocenters. The van der Waals surface area contributed by atoms with Gasteiger partial charge in [0.1, 0.15) is 33.8 Å². The van der Waals surface area contributed by atoms with Gasteiger partial charge in [0.05, 0.1) is 12.8 Å². The van der Waals surface area contributed by atoms with Crippen molar-refractivity contribution in [1.29, 1.82) is 5.26 Å². The second kappa shape index (κ2) is 9.12. The number of nitrogens with zero attached hydrogens (tertiary/aromatic N) is 2. The number of ether oxygens (including phenoxy) is 1. The number of hydrogen-bond acceptors (Lipinski definition) is 8. The quantitative estimate of drug-likeness (QED) is 0.456. The maximum atomic E-state index is 12.6. The number of rotatable bonds is 9. The molecule has 0 saturated carbocycles. The summed E-state index contributed by atoms with van der Waals surface area (Å²) in [7, 11) is -8.37. The molecule has 0 aliphatic rings. The molecular weight excluding hydrogens is 449 g/mol. The highest BCUT2D eigenvalue weighted by atomic mass is 32.2. The first-order valence-corrected chi connectivity index (χ1v) is 12.8. The molecule has 0 aliphatic carbocycles. The lowest BCUT2D eigenvalue weighted by Gasteiger charge is -2.13. The standard InChI is InChI=1S/C18H18N3O6PS2/c1-2-7-26-15-5-6-17-13(8-15)9-18(29-17)30(24,25)21-12-28(22,23)27-16-4-3-14(10-19)20-11-16/h3-6,8-9,11,21H,2,7,12H2,1H3,(H,22,23). The molecule has 2 heterocycles. The van der Waals surface area contributed by atoms with Crippen molar-refractivity contribution in [1.82, 2.24) is 9.71 Å². The van der Waals surface area contributed by atoms with Gasteiger partial charge in [0.15, 0.2) is 0 Å². The molecule has 0 bridgehead atoms. The normalized spacial score (nSPS) is 13.5. The molecule has 0 fully saturated rings. The van der Waals surface area contributed by atoms with Crippen molar-refractivity contribution in [3.8, 4) is 17.6 Å². The summed E-state index contributed by atoms with van der Waals surface area (Å²) in [6.45, 7) is 2.55. The molecule has 3 rings (SSSR count). The minimum absolute atomic E-state index is 0.00480. The second-order valence-corrected chi connectivity index (χ2v) is 11.0. The van der Waals surface area contributed by atoms with Crippen molar-refractivity contribution >= 4 is 39.0 Å². The molecule has 3 aromatic rings. The van der Waals surface area contributed by atoms with Crippen LogP contribution in [0.5, 0.6) is 11.5 Å². The van der Waals surface area contributed by atoms with Gasteiger partial charge in [-0.2, -0.15) is 9.98 Å². The fraction of sp³-hybridized carbons (Fsp3) is 0.222. The third-order valence-corrected chi connectivity index (χ3v) is 8.01. The van der Waals surface area contributed by atoms with Gasteiger partial charge in [-0.05, 0) is 48.2 Å². The van der Waals surface area contributed by atoms with Crippen molar-refractivity contribution in [3.05, 3.63) is 48.3 Å². The van der Waals surface area contributed by atoms with E-state index >= 15 is 0 Å². The van der Waals surface area contributed by atoms with Gasteiger partial charge in [-0.15, -0.1) is 11.3 Å².